The maximum absolute atomic E-state index is 8.78. The molecule has 0 radical (unpaired) electrons. The second kappa shape index (κ2) is 27.3. The second-order valence-electron chi connectivity index (χ2n) is 2.99. The zero-order valence-electron chi connectivity index (χ0n) is 10.8. The predicted octanol–water partition coefficient (Wildman–Crippen LogP) is 4.53. The molecule has 6 N–H and O–H groups in total. The van der Waals surface area contributed by atoms with Crippen molar-refractivity contribution < 1.29 is 19.8 Å². The summed E-state index contributed by atoms with van der Waals surface area (Å²) in [5.41, 5.74) is 8.06. The zero-order chi connectivity index (χ0) is 15.6. The molecule has 2 aromatic rings. The number of carbonyl (C=O) groups is 2. The summed E-state index contributed by atoms with van der Waals surface area (Å²) in [6, 6.07) is 24.0. The van der Waals surface area contributed by atoms with Crippen molar-refractivity contribution in [3.8, 4) is 0 Å². The van der Waals surface area contributed by atoms with E-state index in [-0.39, 0.29) is 22.3 Å². The van der Waals surface area contributed by atoms with Crippen LogP contribution in [0.4, 0.5) is 9.59 Å². The Balaban J connectivity index is -0.0000000613. The lowest BCUT2D eigenvalue weighted by Gasteiger charge is -1.69. The van der Waals surface area contributed by atoms with E-state index < -0.39 is 12.2 Å². The van der Waals surface area contributed by atoms with Gasteiger partial charge in [0.2, 0.25) is 0 Å². The Hall–Kier alpha value is -3.02. The molecule has 0 aliphatic rings. The molecule has 0 aromatic heterocycles. The van der Waals surface area contributed by atoms with Crippen LogP contribution in [0.1, 0.15) is 22.3 Å². The van der Waals surface area contributed by atoms with Crippen LogP contribution in [0.2, 0.25) is 0 Å². The highest BCUT2D eigenvalue weighted by Crippen LogP contribution is 1.80. The van der Waals surface area contributed by atoms with Crippen molar-refractivity contribution in [1.29, 1.82) is 0 Å². The number of amides is 2. The van der Waals surface area contributed by atoms with E-state index in [1.54, 1.807) is 0 Å². The third-order valence-corrected chi connectivity index (χ3v) is 1.33. The Morgan fingerprint density at radius 2 is 0.522 bits per heavy atom. The van der Waals surface area contributed by atoms with Gasteiger partial charge < -0.3 is 21.7 Å². The van der Waals surface area contributed by atoms with E-state index in [1.807, 2.05) is 72.8 Å². The summed E-state index contributed by atoms with van der Waals surface area (Å²) in [5.74, 6) is 0. The smallest absolute Gasteiger partial charge is 0.402 e. The SMILES string of the molecule is C.C.C.NC(=O)O.NC(=O)O.c1ccccc1.c1ccccc1. The fourth-order valence-corrected chi connectivity index (χ4v) is 0.770. The highest BCUT2D eigenvalue weighted by atomic mass is 16.4. The molecule has 0 saturated carbocycles. The molecule has 2 rings (SSSR count). The standard InChI is InChI=1S/2C6H6.2CH3NO2.3CH4/c2*1-2-4-6-5-3-1;2*2-1(3)4;;;/h2*1-6H;2*2H2,(H,3,4);3*1H4. The topological polar surface area (TPSA) is 127 Å². The number of rotatable bonds is 0. The number of primary amides is 2. The largest absolute Gasteiger partial charge is 0.465 e. The molecule has 0 aliphatic carbocycles. The summed E-state index contributed by atoms with van der Waals surface area (Å²) >= 11 is 0. The minimum atomic E-state index is -1.33. The monoisotopic (exact) mass is 326 g/mol. The van der Waals surface area contributed by atoms with Crippen LogP contribution >= 0.6 is 0 Å². The number of carboxylic acid groups (broad SMARTS) is 2. The van der Waals surface area contributed by atoms with Gasteiger partial charge >= 0.3 is 12.2 Å². The minimum Gasteiger partial charge on any atom is -0.465 e. The lowest BCUT2D eigenvalue weighted by Crippen LogP contribution is -2.03. The van der Waals surface area contributed by atoms with Crippen LogP contribution < -0.4 is 11.5 Å². The average molecular weight is 326 g/mol. The van der Waals surface area contributed by atoms with E-state index in [9.17, 15) is 0 Å². The van der Waals surface area contributed by atoms with Gasteiger partial charge in [0, 0.05) is 0 Å². The van der Waals surface area contributed by atoms with Crippen LogP contribution in [0.25, 0.3) is 0 Å². The Bertz CT molecular complexity index is 332. The van der Waals surface area contributed by atoms with Crippen molar-refractivity contribution in [2.75, 3.05) is 0 Å². The van der Waals surface area contributed by atoms with Crippen LogP contribution in [0.3, 0.4) is 0 Å². The molecule has 6 nitrogen and oxygen atoms in total. The van der Waals surface area contributed by atoms with Gasteiger partial charge in [0.25, 0.3) is 0 Å². The number of hydrogen-bond donors (Lipinski definition) is 4. The number of hydrogen-bond acceptors (Lipinski definition) is 2. The summed E-state index contributed by atoms with van der Waals surface area (Å²) in [6.07, 6.45) is -2.67. The van der Waals surface area contributed by atoms with E-state index in [0.29, 0.717) is 0 Å². The van der Waals surface area contributed by atoms with Crippen molar-refractivity contribution in [2.24, 2.45) is 11.5 Å². The molecule has 6 heteroatoms. The summed E-state index contributed by atoms with van der Waals surface area (Å²) in [6.45, 7) is 0. The highest BCUT2D eigenvalue weighted by Gasteiger charge is 1.65. The molecule has 0 aliphatic heterocycles. The van der Waals surface area contributed by atoms with Gasteiger partial charge in [-0.2, -0.15) is 0 Å². The van der Waals surface area contributed by atoms with Crippen molar-refractivity contribution in [3.05, 3.63) is 72.8 Å². The normalized spacial score (nSPS) is 6.26. The molecule has 0 unspecified atom stereocenters. The lowest BCUT2D eigenvalue weighted by molar-refractivity contribution is 0.204. The van der Waals surface area contributed by atoms with Gasteiger partial charge in [0.1, 0.15) is 0 Å². The molecular weight excluding hydrogens is 296 g/mol. The van der Waals surface area contributed by atoms with E-state index in [1.165, 1.54) is 0 Å². The minimum absolute atomic E-state index is 0. The van der Waals surface area contributed by atoms with E-state index in [4.69, 9.17) is 19.8 Å². The van der Waals surface area contributed by atoms with Gasteiger partial charge in [-0.25, -0.2) is 9.59 Å². The fraction of sp³-hybridized carbons (Fsp3) is 0.176. The number of benzene rings is 2. The predicted molar refractivity (Wildman–Crippen MR) is 97.5 cm³/mol. The fourth-order valence-electron chi connectivity index (χ4n) is 0.770. The van der Waals surface area contributed by atoms with Crippen LogP contribution in [0, 0.1) is 0 Å². The Morgan fingerprint density at radius 3 is 0.565 bits per heavy atom. The first-order valence-corrected chi connectivity index (χ1v) is 5.43. The summed E-state index contributed by atoms with van der Waals surface area (Å²) < 4.78 is 0. The van der Waals surface area contributed by atoms with Crippen LogP contribution in [-0.2, 0) is 0 Å². The third kappa shape index (κ3) is 67.9. The van der Waals surface area contributed by atoms with Crippen LogP contribution in [0.15, 0.2) is 72.8 Å². The first kappa shape index (κ1) is 32.1. The van der Waals surface area contributed by atoms with Gasteiger partial charge in [-0.15, -0.1) is 0 Å². The molecule has 0 saturated heterocycles. The van der Waals surface area contributed by atoms with Crippen LogP contribution in [0.5, 0.6) is 0 Å². The van der Waals surface area contributed by atoms with Crippen molar-refractivity contribution in [3.63, 3.8) is 0 Å². The van der Waals surface area contributed by atoms with Gasteiger partial charge in [-0.3, -0.25) is 0 Å². The molecule has 0 bridgehead atoms. The van der Waals surface area contributed by atoms with Gasteiger partial charge in [-0.05, 0) is 0 Å². The lowest BCUT2D eigenvalue weighted by atomic mass is 10.4. The first-order chi connectivity index (χ1) is 9.46. The summed E-state index contributed by atoms with van der Waals surface area (Å²) in [5, 5.41) is 14.4. The molecule has 132 valence electrons. The van der Waals surface area contributed by atoms with Crippen molar-refractivity contribution >= 4 is 12.2 Å². The van der Waals surface area contributed by atoms with Crippen molar-refractivity contribution in [1.82, 2.24) is 0 Å². The molecule has 0 fully saturated rings. The Labute approximate surface area is 139 Å². The molecule has 2 amide bonds. The number of nitrogens with two attached hydrogens (primary N) is 2. The van der Waals surface area contributed by atoms with Crippen LogP contribution in [-0.4, -0.2) is 22.4 Å². The summed E-state index contributed by atoms with van der Waals surface area (Å²) in [7, 11) is 0. The Kier molecular flexibility index (Phi) is 38.1. The van der Waals surface area contributed by atoms with E-state index in [0.717, 1.165) is 0 Å². The second-order valence-corrected chi connectivity index (χ2v) is 2.99. The van der Waals surface area contributed by atoms with Gasteiger partial charge in [-0.1, -0.05) is 95.1 Å². The molecule has 2 aromatic carbocycles. The van der Waals surface area contributed by atoms with Gasteiger partial charge in [0.15, 0.2) is 0 Å². The quantitative estimate of drug-likeness (QED) is 0.567. The average Bonchev–Trinajstić information content (AvgIpc) is 2.42. The third-order valence-electron chi connectivity index (χ3n) is 1.33. The molecule has 0 atom stereocenters. The first-order valence-electron chi connectivity index (χ1n) is 5.43. The molecule has 23 heavy (non-hydrogen) atoms. The Morgan fingerprint density at radius 1 is 0.478 bits per heavy atom. The molecular formula is C17H30N2O4. The maximum atomic E-state index is 8.78. The van der Waals surface area contributed by atoms with E-state index in [2.05, 4.69) is 11.5 Å². The van der Waals surface area contributed by atoms with Gasteiger partial charge in [0.05, 0.1) is 0 Å². The zero-order valence-corrected chi connectivity index (χ0v) is 10.8. The maximum Gasteiger partial charge on any atom is 0.402 e. The van der Waals surface area contributed by atoms with Crippen molar-refractivity contribution in [2.45, 2.75) is 22.3 Å². The molecule has 0 spiro atoms. The highest BCUT2D eigenvalue weighted by molar-refractivity contribution is 5.61. The molecule has 0 heterocycles. The summed E-state index contributed by atoms with van der Waals surface area (Å²) in [4.78, 5) is 17.6. The van der Waals surface area contributed by atoms with E-state index >= 15 is 0 Å².